The van der Waals surface area contributed by atoms with E-state index in [4.69, 9.17) is 22.1 Å². The first-order chi connectivity index (χ1) is 7.58. The highest BCUT2D eigenvalue weighted by molar-refractivity contribution is 6.31. The molecule has 0 heterocycles. The SMILES string of the molecule is CNC(=O)CC(N)c1ccc(OC)cc1Cl. The van der Waals surface area contributed by atoms with Crippen molar-refractivity contribution in [1.29, 1.82) is 0 Å². The molecule has 0 aliphatic carbocycles. The summed E-state index contributed by atoms with van der Waals surface area (Å²) in [7, 11) is 3.14. The molecule has 3 N–H and O–H groups in total. The number of hydrogen-bond acceptors (Lipinski definition) is 3. The van der Waals surface area contributed by atoms with Gasteiger partial charge in [-0.1, -0.05) is 17.7 Å². The van der Waals surface area contributed by atoms with E-state index in [1.807, 2.05) is 0 Å². The number of amides is 1. The van der Waals surface area contributed by atoms with Gasteiger partial charge in [0.2, 0.25) is 5.91 Å². The first-order valence-corrected chi connectivity index (χ1v) is 5.26. The molecule has 0 spiro atoms. The van der Waals surface area contributed by atoms with Gasteiger partial charge >= 0.3 is 0 Å². The van der Waals surface area contributed by atoms with Crippen molar-refractivity contribution in [2.45, 2.75) is 12.5 Å². The van der Waals surface area contributed by atoms with Crippen molar-refractivity contribution in [1.82, 2.24) is 5.32 Å². The van der Waals surface area contributed by atoms with Crippen LogP contribution in [0.15, 0.2) is 18.2 Å². The minimum absolute atomic E-state index is 0.112. The Labute approximate surface area is 99.7 Å². The Morgan fingerprint density at radius 2 is 2.31 bits per heavy atom. The summed E-state index contributed by atoms with van der Waals surface area (Å²) in [6.45, 7) is 0. The Balaban J connectivity index is 2.83. The fourth-order valence-corrected chi connectivity index (χ4v) is 1.66. The first kappa shape index (κ1) is 12.8. The molecule has 0 fully saturated rings. The van der Waals surface area contributed by atoms with E-state index in [0.717, 1.165) is 5.56 Å². The molecule has 5 heteroatoms. The quantitative estimate of drug-likeness (QED) is 0.841. The molecule has 0 aromatic heterocycles. The number of halogens is 1. The molecule has 1 aromatic carbocycles. The third-order valence-electron chi connectivity index (χ3n) is 2.29. The fourth-order valence-electron chi connectivity index (χ4n) is 1.35. The highest BCUT2D eigenvalue weighted by Crippen LogP contribution is 2.27. The molecule has 0 bridgehead atoms. The molecule has 0 radical (unpaired) electrons. The van der Waals surface area contributed by atoms with Crippen LogP contribution in [-0.2, 0) is 4.79 Å². The molecule has 1 amide bonds. The lowest BCUT2D eigenvalue weighted by Crippen LogP contribution is -2.24. The van der Waals surface area contributed by atoms with E-state index in [-0.39, 0.29) is 12.3 Å². The second-order valence-corrected chi connectivity index (χ2v) is 3.78. The minimum atomic E-state index is -0.404. The van der Waals surface area contributed by atoms with Crippen LogP contribution in [0.25, 0.3) is 0 Å². The zero-order chi connectivity index (χ0) is 12.1. The number of ether oxygens (including phenoxy) is 1. The average molecular weight is 243 g/mol. The van der Waals surface area contributed by atoms with Crippen molar-refractivity contribution in [2.24, 2.45) is 5.73 Å². The third kappa shape index (κ3) is 3.12. The van der Waals surface area contributed by atoms with Crippen LogP contribution in [0.3, 0.4) is 0 Å². The minimum Gasteiger partial charge on any atom is -0.497 e. The molecular formula is C11H15ClN2O2. The van der Waals surface area contributed by atoms with Crippen LogP contribution < -0.4 is 15.8 Å². The van der Waals surface area contributed by atoms with Crippen molar-refractivity contribution >= 4 is 17.5 Å². The van der Waals surface area contributed by atoms with E-state index < -0.39 is 6.04 Å². The van der Waals surface area contributed by atoms with Gasteiger partial charge in [0.15, 0.2) is 0 Å². The molecular weight excluding hydrogens is 228 g/mol. The molecule has 1 atom stereocenters. The standard InChI is InChI=1S/C11H15ClN2O2/c1-14-11(15)6-10(13)8-4-3-7(16-2)5-9(8)12/h3-5,10H,6,13H2,1-2H3,(H,14,15). The molecule has 1 unspecified atom stereocenters. The van der Waals surface area contributed by atoms with Crippen LogP contribution in [-0.4, -0.2) is 20.1 Å². The van der Waals surface area contributed by atoms with Gasteiger partial charge in [-0.3, -0.25) is 4.79 Å². The summed E-state index contributed by atoms with van der Waals surface area (Å²) in [5, 5.41) is 3.03. The Morgan fingerprint density at radius 3 is 2.81 bits per heavy atom. The number of carbonyl (C=O) groups excluding carboxylic acids is 1. The van der Waals surface area contributed by atoms with Gasteiger partial charge in [0.05, 0.1) is 7.11 Å². The number of nitrogens with one attached hydrogen (secondary N) is 1. The number of benzene rings is 1. The highest BCUT2D eigenvalue weighted by atomic mass is 35.5. The van der Waals surface area contributed by atoms with Crippen LogP contribution in [0, 0.1) is 0 Å². The van der Waals surface area contributed by atoms with E-state index in [1.165, 1.54) is 0 Å². The zero-order valence-electron chi connectivity index (χ0n) is 9.29. The van der Waals surface area contributed by atoms with Crippen LogP contribution in [0.4, 0.5) is 0 Å². The van der Waals surface area contributed by atoms with Gasteiger partial charge in [0.25, 0.3) is 0 Å². The number of nitrogens with two attached hydrogens (primary N) is 1. The van der Waals surface area contributed by atoms with Crippen molar-refractivity contribution in [3.63, 3.8) is 0 Å². The Hall–Kier alpha value is -1.26. The van der Waals surface area contributed by atoms with Gasteiger partial charge in [-0.25, -0.2) is 0 Å². The smallest absolute Gasteiger partial charge is 0.221 e. The van der Waals surface area contributed by atoms with E-state index in [0.29, 0.717) is 10.8 Å². The average Bonchev–Trinajstić information content (AvgIpc) is 2.28. The summed E-state index contributed by atoms with van der Waals surface area (Å²) in [5.74, 6) is 0.556. The zero-order valence-corrected chi connectivity index (χ0v) is 10.0. The number of rotatable bonds is 4. The Bertz CT molecular complexity index is 382. The van der Waals surface area contributed by atoms with Crippen LogP contribution >= 0.6 is 11.6 Å². The van der Waals surface area contributed by atoms with Gasteiger partial charge in [0.1, 0.15) is 5.75 Å². The number of hydrogen-bond donors (Lipinski definition) is 2. The van der Waals surface area contributed by atoms with Gasteiger partial charge in [-0.15, -0.1) is 0 Å². The Morgan fingerprint density at radius 1 is 1.62 bits per heavy atom. The van der Waals surface area contributed by atoms with Crippen molar-refractivity contribution in [3.8, 4) is 5.75 Å². The first-order valence-electron chi connectivity index (χ1n) is 4.88. The third-order valence-corrected chi connectivity index (χ3v) is 2.62. The second kappa shape index (κ2) is 5.72. The highest BCUT2D eigenvalue weighted by Gasteiger charge is 2.14. The van der Waals surface area contributed by atoms with Gasteiger partial charge in [-0.2, -0.15) is 0 Å². The van der Waals surface area contributed by atoms with Crippen LogP contribution in [0.2, 0.25) is 5.02 Å². The number of methoxy groups -OCH3 is 1. The summed E-state index contributed by atoms with van der Waals surface area (Å²) < 4.78 is 5.03. The molecule has 88 valence electrons. The maximum Gasteiger partial charge on any atom is 0.221 e. The van der Waals surface area contributed by atoms with Crippen LogP contribution in [0.1, 0.15) is 18.0 Å². The van der Waals surface area contributed by atoms with Gasteiger partial charge in [0, 0.05) is 24.5 Å². The fraction of sp³-hybridized carbons (Fsp3) is 0.364. The van der Waals surface area contributed by atoms with E-state index in [9.17, 15) is 4.79 Å². The summed E-state index contributed by atoms with van der Waals surface area (Å²) in [5.41, 5.74) is 6.62. The predicted octanol–water partition coefficient (Wildman–Crippen LogP) is 1.48. The maximum absolute atomic E-state index is 11.2. The molecule has 1 aromatic rings. The van der Waals surface area contributed by atoms with Gasteiger partial charge in [-0.05, 0) is 17.7 Å². The van der Waals surface area contributed by atoms with Crippen LogP contribution in [0.5, 0.6) is 5.75 Å². The van der Waals surface area contributed by atoms with E-state index >= 15 is 0 Å². The van der Waals surface area contributed by atoms with E-state index in [2.05, 4.69) is 5.32 Å². The summed E-state index contributed by atoms with van der Waals surface area (Å²) in [6.07, 6.45) is 0.211. The normalized spacial score (nSPS) is 12.0. The largest absolute Gasteiger partial charge is 0.497 e. The molecule has 0 aliphatic rings. The topological polar surface area (TPSA) is 64.4 Å². The Kier molecular flexibility index (Phi) is 4.58. The van der Waals surface area contributed by atoms with Crippen molar-refractivity contribution in [3.05, 3.63) is 28.8 Å². The maximum atomic E-state index is 11.2. The van der Waals surface area contributed by atoms with E-state index in [1.54, 1.807) is 32.4 Å². The van der Waals surface area contributed by atoms with Gasteiger partial charge < -0.3 is 15.8 Å². The molecule has 16 heavy (non-hydrogen) atoms. The summed E-state index contributed by atoms with van der Waals surface area (Å²) in [4.78, 5) is 11.2. The van der Waals surface area contributed by atoms with Crippen molar-refractivity contribution in [2.75, 3.05) is 14.2 Å². The number of carbonyl (C=O) groups is 1. The lowest BCUT2D eigenvalue weighted by atomic mass is 10.0. The second-order valence-electron chi connectivity index (χ2n) is 3.37. The van der Waals surface area contributed by atoms with Crippen molar-refractivity contribution < 1.29 is 9.53 Å². The molecule has 0 saturated heterocycles. The molecule has 1 rings (SSSR count). The molecule has 0 saturated carbocycles. The molecule has 0 aliphatic heterocycles. The summed E-state index contributed by atoms with van der Waals surface area (Å²) >= 11 is 6.04. The monoisotopic (exact) mass is 242 g/mol. The summed E-state index contributed by atoms with van der Waals surface area (Å²) in [6, 6.07) is 4.82. The lowest BCUT2D eigenvalue weighted by Gasteiger charge is -2.13. The molecule has 4 nitrogen and oxygen atoms in total. The lowest BCUT2D eigenvalue weighted by molar-refractivity contribution is -0.120. The predicted molar refractivity (Wildman–Crippen MR) is 63.6 cm³/mol.